The highest BCUT2D eigenvalue weighted by atomic mass is 32.2. The van der Waals surface area contributed by atoms with E-state index in [0.717, 1.165) is 5.25 Å². The van der Waals surface area contributed by atoms with Gasteiger partial charge in [0.15, 0.2) is 0 Å². The second-order valence-electron chi connectivity index (χ2n) is 1.95. The summed E-state index contributed by atoms with van der Waals surface area (Å²) in [5, 5.41) is 0.736. The lowest BCUT2D eigenvalue weighted by Crippen LogP contribution is -1.92. The molecule has 1 rings (SSSR count). The van der Waals surface area contributed by atoms with Gasteiger partial charge in [-0.3, -0.25) is 0 Å². The molecule has 0 amide bonds. The van der Waals surface area contributed by atoms with Gasteiger partial charge in [-0.05, 0) is 25.3 Å². The van der Waals surface area contributed by atoms with E-state index in [1.54, 1.807) is 11.9 Å². The lowest BCUT2D eigenvalue weighted by Gasteiger charge is -1.90. The van der Waals surface area contributed by atoms with E-state index < -0.39 is 0 Å². The van der Waals surface area contributed by atoms with Crippen molar-refractivity contribution < 1.29 is 0 Å². The van der Waals surface area contributed by atoms with E-state index in [2.05, 4.69) is 18.2 Å². The molecule has 0 aliphatic carbocycles. The third-order valence-electron chi connectivity index (χ3n) is 0.971. The average Bonchev–Trinajstić information content (AvgIpc) is 1.87. The minimum absolute atomic E-state index is 0.736. The molecule has 7 heavy (non-hydrogen) atoms. The summed E-state index contributed by atoms with van der Waals surface area (Å²) >= 11 is 1.69. The van der Waals surface area contributed by atoms with Crippen LogP contribution in [0, 0.1) is 0 Å². The van der Waals surface area contributed by atoms with Crippen LogP contribution in [0.25, 0.3) is 0 Å². The van der Waals surface area contributed by atoms with Crippen molar-refractivity contribution in [3.63, 3.8) is 0 Å². The van der Waals surface area contributed by atoms with Crippen LogP contribution in [-0.4, -0.2) is 11.0 Å². The van der Waals surface area contributed by atoms with Crippen molar-refractivity contribution in [1.29, 1.82) is 0 Å². The minimum Gasteiger partial charge on any atom is -0.226 e. The molecule has 0 N–H and O–H groups in total. The molecule has 1 unspecified atom stereocenters. The number of rotatable bonds is 0. The van der Waals surface area contributed by atoms with E-state index in [4.69, 9.17) is 0 Å². The SMILES string of the molecule is CC1=NSC(C)C1. The van der Waals surface area contributed by atoms with E-state index in [9.17, 15) is 0 Å². The van der Waals surface area contributed by atoms with Crippen molar-refractivity contribution in [2.24, 2.45) is 4.40 Å². The van der Waals surface area contributed by atoms with Crippen LogP contribution < -0.4 is 0 Å². The molecular formula is C5H9NS. The highest BCUT2D eigenvalue weighted by Gasteiger charge is 2.09. The molecule has 1 nitrogen and oxygen atoms in total. The Hall–Kier alpha value is 0.0200. The summed E-state index contributed by atoms with van der Waals surface area (Å²) in [4.78, 5) is 0. The average molecular weight is 115 g/mol. The first-order chi connectivity index (χ1) is 3.29. The second kappa shape index (κ2) is 1.86. The summed E-state index contributed by atoms with van der Waals surface area (Å²) in [6.07, 6.45) is 1.19. The maximum absolute atomic E-state index is 4.15. The van der Waals surface area contributed by atoms with Crippen LogP contribution in [0.4, 0.5) is 0 Å². The predicted octanol–water partition coefficient (Wildman–Crippen LogP) is 1.89. The zero-order chi connectivity index (χ0) is 5.28. The van der Waals surface area contributed by atoms with Crippen LogP contribution in [0.1, 0.15) is 20.3 Å². The Balaban J connectivity index is 2.42. The summed E-state index contributed by atoms with van der Waals surface area (Å²) in [7, 11) is 0. The van der Waals surface area contributed by atoms with Gasteiger partial charge in [-0.2, -0.15) is 0 Å². The second-order valence-corrected chi connectivity index (χ2v) is 3.14. The molecule has 0 aromatic rings. The number of hydrogen-bond acceptors (Lipinski definition) is 2. The van der Waals surface area contributed by atoms with Crippen LogP contribution >= 0.6 is 11.9 Å². The number of hydrogen-bond donors (Lipinski definition) is 0. The fourth-order valence-corrected chi connectivity index (χ4v) is 1.42. The summed E-state index contributed by atoms with van der Waals surface area (Å²) in [6, 6.07) is 0. The highest BCUT2D eigenvalue weighted by Crippen LogP contribution is 2.23. The fraction of sp³-hybridized carbons (Fsp3) is 0.800. The molecule has 2 heteroatoms. The van der Waals surface area contributed by atoms with Crippen molar-refractivity contribution in [3.8, 4) is 0 Å². The Kier molecular flexibility index (Phi) is 1.38. The Morgan fingerprint density at radius 2 is 2.57 bits per heavy atom. The van der Waals surface area contributed by atoms with Crippen molar-refractivity contribution in [3.05, 3.63) is 0 Å². The van der Waals surface area contributed by atoms with Gasteiger partial charge in [-0.25, -0.2) is 4.40 Å². The topological polar surface area (TPSA) is 12.4 Å². The third-order valence-corrected chi connectivity index (χ3v) is 1.91. The van der Waals surface area contributed by atoms with E-state index in [1.807, 2.05) is 0 Å². The summed E-state index contributed by atoms with van der Waals surface area (Å²) < 4.78 is 4.15. The Morgan fingerprint density at radius 3 is 2.71 bits per heavy atom. The maximum atomic E-state index is 4.15. The largest absolute Gasteiger partial charge is 0.226 e. The lowest BCUT2D eigenvalue weighted by atomic mass is 10.2. The van der Waals surface area contributed by atoms with Crippen LogP contribution in [0.15, 0.2) is 4.40 Å². The molecule has 1 heterocycles. The molecule has 40 valence electrons. The van der Waals surface area contributed by atoms with Crippen LogP contribution in [0.2, 0.25) is 0 Å². The molecule has 0 saturated carbocycles. The lowest BCUT2D eigenvalue weighted by molar-refractivity contribution is 1.04. The van der Waals surface area contributed by atoms with E-state index >= 15 is 0 Å². The molecule has 1 aliphatic rings. The summed E-state index contributed by atoms with van der Waals surface area (Å²) in [5.41, 5.74) is 1.29. The normalized spacial score (nSPS) is 30.6. The van der Waals surface area contributed by atoms with E-state index in [0.29, 0.717) is 0 Å². The zero-order valence-electron chi connectivity index (χ0n) is 4.64. The van der Waals surface area contributed by atoms with Crippen LogP contribution in [0.5, 0.6) is 0 Å². The van der Waals surface area contributed by atoms with Gasteiger partial charge in [0.2, 0.25) is 0 Å². The first-order valence-corrected chi connectivity index (χ1v) is 3.32. The van der Waals surface area contributed by atoms with Gasteiger partial charge in [0.25, 0.3) is 0 Å². The monoisotopic (exact) mass is 115 g/mol. The van der Waals surface area contributed by atoms with E-state index in [1.165, 1.54) is 12.1 Å². The van der Waals surface area contributed by atoms with Crippen LogP contribution in [-0.2, 0) is 0 Å². The minimum atomic E-state index is 0.736. The zero-order valence-corrected chi connectivity index (χ0v) is 5.46. The third kappa shape index (κ3) is 1.20. The van der Waals surface area contributed by atoms with Crippen molar-refractivity contribution in [1.82, 2.24) is 0 Å². The Morgan fingerprint density at radius 1 is 1.86 bits per heavy atom. The number of nitrogens with zero attached hydrogens (tertiary/aromatic N) is 1. The highest BCUT2D eigenvalue weighted by molar-refractivity contribution is 7.99. The van der Waals surface area contributed by atoms with Crippen molar-refractivity contribution >= 4 is 17.7 Å². The maximum Gasteiger partial charge on any atom is 0.0290 e. The van der Waals surface area contributed by atoms with Gasteiger partial charge in [-0.1, -0.05) is 6.92 Å². The Labute approximate surface area is 48.3 Å². The van der Waals surface area contributed by atoms with Gasteiger partial charge in [0, 0.05) is 11.0 Å². The smallest absolute Gasteiger partial charge is 0.0290 e. The predicted molar refractivity (Wildman–Crippen MR) is 34.8 cm³/mol. The standard InChI is InChI=1S/C5H9NS/c1-4-3-5(2)7-6-4/h5H,3H2,1-2H3. The molecule has 0 bridgehead atoms. The molecule has 0 aromatic carbocycles. The molecule has 0 aromatic heterocycles. The summed E-state index contributed by atoms with van der Waals surface area (Å²) in [5.74, 6) is 0. The van der Waals surface area contributed by atoms with Crippen molar-refractivity contribution in [2.45, 2.75) is 25.5 Å². The molecule has 0 saturated heterocycles. The fourth-order valence-electron chi connectivity index (χ4n) is 0.670. The van der Waals surface area contributed by atoms with Gasteiger partial charge < -0.3 is 0 Å². The molecule has 1 aliphatic heterocycles. The summed E-state index contributed by atoms with van der Waals surface area (Å²) in [6.45, 7) is 4.28. The van der Waals surface area contributed by atoms with Gasteiger partial charge >= 0.3 is 0 Å². The van der Waals surface area contributed by atoms with E-state index in [-0.39, 0.29) is 0 Å². The molecule has 0 radical (unpaired) electrons. The molecular weight excluding hydrogens is 106 g/mol. The molecule has 0 spiro atoms. The van der Waals surface area contributed by atoms with Crippen molar-refractivity contribution in [2.75, 3.05) is 0 Å². The molecule has 0 fully saturated rings. The van der Waals surface area contributed by atoms with Crippen LogP contribution in [0.3, 0.4) is 0 Å². The molecule has 1 atom stereocenters. The van der Waals surface area contributed by atoms with Gasteiger partial charge in [0.1, 0.15) is 0 Å². The van der Waals surface area contributed by atoms with Gasteiger partial charge in [0.05, 0.1) is 0 Å². The first-order valence-electron chi connectivity index (χ1n) is 2.48. The Bertz CT molecular complexity index is 98.3. The first kappa shape index (κ1) is 5.16. The quantitative estimate of drug-likeness (QED) is 0.439. The van der Waals surface area contributed by atoms with Gasteiger partial charge in [-0.15, -0.1) is 0 Å².